The predicted molar refractivity (Wildman–Crippen MR) is 352 cm³/mol. The predicted octanol–water partition coefficient (Wildman–Crippen LogP) is 20.8. The second kappa shape index (κ2) is 65.2. The lowest BCUT2D eigenvalue weighted by atomic mass is 10.0. The van der Waals surface area contributed by atoms with E-state index in [1.54, 1.807) is 0 Å². The molecule has 2 unspecified atom stereocenters. The van der Waals surface area contributed by atoms with Gasteiger partial charge in [0, 0.05) is 12.8 Å². The molecule has 0 aromatic heterocycles. The van der Waals surface area contributed by atoms with Crippen LogP contribution in [-0.4, -0.2) is 82.3 Å². The molecule has 83 heavy (non-hydrogen) atoms. The highest BCUT2D eigenvalue weighted by Gasteiger charge is 2.22. The molecule has 0 aliphatic carbocycles. The number of likely N-dealkylation sites (N-methyl/N-ethyl adjacent to an activating group) is 1. The normalized spacial score (nSPS) is 12.9. The second-order valence-corrected chi connectivity index (χ2v) is 25.5. The molecular weight excluding hydrogens is 1030 g/mol. The Kier molecular flexibility index (Phi) is 63.1. The summed E-state index contributed by atoms with van der Waals surface area (Å²) in [4.78, 5) is 37.5. The molecule has 0 fully saturated rings. The van der Waals surface area contributed by atoms with E-state index >= 15 is 0 Å². The maximum absolute atomic E-state index is 12.9. The zero-order chi connectivity index (χ0) is 60.5. The first kappa shape index (κ1) is 80.2. The molecule has 0 rings (SSSR count). The first-order valence-electron chi connectivity index (χ1n) is 35.8. The summed E-state index contributed by atoms with van der Waals surface area (Å²) in [6.07, 6.45) is 80.5. The Bertz CT molecular complexity index is 1500. The summed E-state index contributed by atoms with van der Waals surface area (Å²) in [5.74, 6) is -2.26. The lowest BCUT2D eigenvalue weighted by Gasteiger charge is -2.26. The smallest absolute Gasteiger partial charge is 0.306 e. The lowest BCUT2D eigenvalue weighted by Crippen LogP contribution is -2.44. The molecule has 0 aromatic rings. The van der Waals surface area contributed by atoms with Crippen LogP contribution in [0.5, 0.6) is 0 Å². The quantitative estimate of drug-likeness (QED) is 0.0195. The minimum Gasteiger partial charge on any atom is -0.545 e. The molecule has 0 bridgehead atoms. The van der Waals surface area contributed by atoms with E-state index in [-0.39, 0.29) is 32.2 Å². The van der Waals surface area contributed by atoms with Crippen LogP contribution in [0, 0.1) is 0 Å². The van der Waals surface area contributed by atoms with Crippen molar-refractivity contribution < 1.29 is 42.9 Å². The zero-order valence-corrected chi connectivity index (χ0v) is 55.6. The summed E-state index contributed by atoms with van der Waals surface area (Å²) in [7, 11) is 5.94. The fraction of sp³-hybridized carbons (Fsp3) is 0.851. The Balaban J connectivity index is 4.07. The molecule has 0 aliphatic rings. The van der Waals surface area contributed by atoms with Gasteiger partial charge in [-0.15, -0.1) is 0 Å². The Labute approximate surface area is 514 Å². The molecule has 0 saturated carbocycles. The third-order valence-electron chi connectivity index (χ3n) is 16.0. The number of carbonyl (C=O) groups excluding carboxylic acids is 3. The number of allylic oxidation sites excluding steroid dienone is 8. The molecule has 486 valence electrons. The summed E-state index contributed by atoms with van der Waals surface area (Å²) in [5, 5.41) is 11.8. The van der Waals surface area contributed by atoms with Crippen molar-refractivity contribution in [2.24, 2.45) is 0 Å². The standard InChI is InChI=1S/C74H137NO8/c1-6-8-10-12-14-16-18-20-22-24-26-28-30-32-34-36-38-40-42-44-46-48-50-52-54-56-58-60-62-64-71(76)81-68-70(69-82-74(73(78)79)80-67-66-75(3,4)5)83-72(77)65-63-61-59-57-55-53-51-49-47-45-43-41-39-37-35-33-31-29-27-25-23-21-19-17-15-13-11-9-7-2/h18-21,24-27,70,74H,6-17,22-23,28-69H2,1-5H3/b20-18-,21-19-,26-24-,27-25-. The number of carboxylic acids is 1. The minimum atomic E-state index is -1.62. The van der Waals surface area contributed by atoms with Gasteiger partial charge >= 0.3 is 11.9 Å². The van der Waals surface area contributed by atoms with Gasteiger partial charge < -0.3 is 33.3 Å². The fourth-order valence-electron chi connectivity index (χ4n) is 10.5. The summed E-state index contributed by atoms with van der Waals surface area (Å²) < 4.78 is 22.8. The van der Waals surface area contributed by atoms with Crippen LogP contribution in [0.2, 0.25) is 0 Å². The van der Waals surface area contributed by atoms with E-state index in [1.165, 1.54) is 270 Å². The first-order chi connectivity index (χ1) is 40.6. The van der Waals surface area contributed by atoms with Gasteiger partial charge in [-0.25, -0.2) is 0 Å². The van der Waals surface area contributed by atoms with Crippen LogP contribution in [-0.2, 0) is 33.3 Å². The number of esters is 2. The van der Waals surface area contributed by atoms with E-state index in [9.17, 15) is 19.5 Å². The molecule has 2 atom stereocenters. The molecule has 0 radical (unpaired) electrons. The van der Waals surface area contributed by atoms with Crippen molar-refractivity contribution in [1.82, 2.24) is 0 Å². The van der Waals surface area contributed by atoms with E-state index in [0.29, 0.717) is 23.9 Å². The Morgan fingerprint density at radius 3 is 0.952 bits per heavy atom. The summed E-state index contributed by atoms with van der Waals surface area (Å²) in [6.45, 7) is 4.79. The van der Waals surface area contributed by atoms with E-state index < -0.39 is 24.3 Å². The number of carboxylic acid groups (broad SMARTS) is 1. The van der Waals surface area contributed by atoms with Crippen LogP contribution in [0.1, 0.15) is 348 Å². The molecule has 0 N–H and O–H groups in total. The second-order valence-electron chi connectivity index (χ2n) is 25.5. The number of hydrogen-bond donors (Lipinski definition) is 0. The van der Waals surface area contributed by atoms with Gasteiger partial charge in [0.15, 0.2) is 12.4 Å². The van der Waals surface area contributed by atoms with Crippen molar-refractivity contribution in [3.05, 3.63) is 48.6 Å². The number of quaternary nitrogens is 1. The number of hydrogen-bond acceptors (Lipinski definition) is 8. The van der Waals surface area contributed by atoms with Gasteiger partial charge in [0.1, 0.15) is 13.2 Å². The third kappa shape index (κ3) is 66.6. The average molecular weight is 1170 g/mol. The molecule has 0 aromatic carbocycles. The highest BCUT2D eigenvalue weighted by Crippen LogP contribution is 2.18. The minimum absolute atomic E-state index is 0.149. The molecule has 0 saturated heterocycles. The molecule has 0 spiro atoms. The monoisotopic (exact) mass is 1170 g/mol. The van der Waals surface area contributed by atoms with Crippen molar-refractivity contribution in [2.45, 2.75) is 360 Å². The SMILES string of the molecule is CCCCCCC/C=C\C/C=C\CCCCCCCCCCCCCCCCCCCC(=O)OCC(COC(OCC[N+](C)(C)C)C(=O)[O-])OC(=O)CCCCCCCCCCCCCCCCCCC/C=C\C/C=C\CCCCCCC. The van der Waals surface area contributed by atoms with Gasteiger partial charge in [-0.2, -0.15) is 0 Å². The van der Waals surface area contributed by atoms with E-state index in [4.69, 9.17) is 18.9 Å². The van der Waals surface area contributed by atoms with Crippen LogP contribution in [0.4, 0.5) is 0 Å². The number of aliphatic carboxylic acids is 1. The van der Waals surface area contributed by atoms with Crippen LogP contribution >= 0.6 is 0 Å². The molecule has 9 heteroatoms. The van der Waals surface area contributed by atoms with Gasteiger partial charge in [0.05, 0.1) is 40.3 Å². The largest absolute Gasteiger partial charge is 0.545 e. The van der Waals surface area contributed by atoms with Crippen LogP contribution in [0.15, 0.2) is 48.6 Å². The number of ether oxygens (including phenoxy) is 4. The van der Waals surface area contributed by atoms with Crippen molar-refractivity contribution >= 4 is 17.9 Å². The average Bonchev–Trinajstić information content (AvgIpc) is 3.47. The van der Waals surface area contributed by atoms with Crippen LogP contribution in [0.25, 0.3) is 0 Å². The number of rotatable bonds is 67. The number of unbranched alkanes of at least 4 members (excludes halogenated alkanes) is 44. The molecule has 9 nitrogen and oxygen atoms in total. The first-order valence-corrected chi connectivity index (χ1v) is 35.8. The van der Waals surface area contributed by atoms with E-state index in [2.05, 4.69) is 62.5 Å². The highest BCUT2D eigenvalue weighted by molar-refractivity contribution is 5.70. The van der Waals surface area contributed by atoms with Gasteiger partial charge in [-0.05, 0) is 77.0 Å². The maximum atomic E-state index is 12.9. The summed E-state index contributed by atoms with van der Waals surface area (Å²) in [6, 6.07) is 0. The van der Waals surface area contributed by atoms with Crippen molar-refractivity contribution in [1.29, 1.82) is 0 Å². The van der Waals surface area contributed by atoms with Crippen molar-refractivity contribution in [3.8, 4) is 0 Å². The number of carbonyl (C=O) groups is 3. The molecule has 0 heterocycles. The van der Waals surface area contributed by atoms with Crippen molar-refractivity contribution in [3.63, 3.8) is 0 Å². The molecule has 0 aliphatic heterocycles. The van der Waals surface area contributed by atoms with Crippen molar-refractivity contribution in [2.75, 3.05) is 47.5 Å². The number of nitrogens with zero attached hydrogens (tertiary/aromatic N) is 1. The maximum Gasteiger partial charge on any atom is 0.306 e. The Morgan fingerprint density at radius 1 is 0.361 bits per heavy atom. The van der Waals surface area contributed by atoms with Gasteiger partial charge in [0.25, 0.3) is 0 Å². The van der Waals surface area contributed by atoms with Gasteiger partial charge in [-0.3, -0.25) is 9.59 Å². The van der Waals surface area contributed by atoms with Gasteiger partial charge in [-0.1, -0.05) is 306 Å². The van der Waals surface area contributed by atoms with E-state index in [0.717, 1.165) is 44.9 Å². The lowest BCUT2D eigenvalue weighted by molar-refractivity contribution is -0.870. The Hall–Kier alpha value is -2.75. The zero-order valence-electron chi connectivity index (χ0n) is 55.6. The molecular formula is C74H137NO8. The Morgan fingerprint density at radius 2 is 0.651 bits per heavy atom. The topological polar surface area (TPSA) is 111 Å². The van der Waals surface area contributed by atoms with E-state index in [1.807, 2.05) is 21.1 Å². The van der Waals surface area contributed by atoms with Gasteiger partial charge in [0.2, 0.25) is 0 Å². The van der Waals surface area contributed by atoms with Crippen LogP contribution in [0.3, 0.4) is 0 Å². The molecule has 0 amide bonds. The third-order valence-corrected chi connectivity index (χ3v) is 16.0. The van der Waals surface area contributed by atoms with Crippen LogP contribution < -0.4 is 5.11 Å². The summed E-state index contributed by atoms with van der Waals surface area (Å²) in [5.41, 5.74) is 0. The fourth-order valence-corrected chi connectivity index (χ4v) is 10.5. The summed E-state index contributed by atoms with van der Waals surface area (Å²) >= 11 is 0. The highest BCUT2D eigenvalue weighted by atomic mass is 16.7.